The molecule has 0 aromatic carbocycles. The average Bonchev–Trinajstić information content (AvgIpc) is 2.04. The lowest BCUT2D eigenvalue weighted by atomic mass is 10.0. The standard InChI is InChI=1S/C8H17NO2/c1-7(6-9)8(2)10-4-3-5-11-8/h7H,3-6,9H2,1-2H3. The number of nitrogens with two attached hydrogens (primary N) is 1. The Morgan fingerprint density at radius 2 is 2.00 bits per heavy atom. The van der Waals surface area contributed by atoms with E-state index in [1.54, 1.807) is 0 Å². The van der Waals surface area contributed by atoms with Gasteiger partial charge in [-0.25, -0.2) is 0 Å². The van der Waals surface area contributed by atoms with Gasteiger partial charge < -0.3 is 15.2 Å². The second kappa shape index (κ2) is 3.52. The van der Waals surface area contributed by atoms with Crippen molar-refractivity contribution in [1.29, 1.82) is 0 Å². The SMILES string of the molecule is CC(CN)C1(C)OCCCO1. The van der Waals surface area contributed by atoms with Gasteiger partial charge in [-0.15, -0.1) is 0 Å². The van der Waals surface area contributed by atoms with E-state index in [2.05, 4.69) is 0 Å². The Morgan fingerprint density at radius 3 is 2.45 bits per heavy atom. The molecule has 1 fully saturated rings. The minimum absolute atomic E-state index is 0.266. The first kappa shape index (κ1) is 8.97. The highest BCUT2D eigenvalue weighted by Gasteiger charge is 2.34. The van der Waals surface area contributed by atoms with Crippen molar-refractivity contribution >= 4 is 0 Å². The second-order valence-corrected chi connectivity index (χ2v) is 3.20. The molecule has 2 N–H and O–H groups in total. The Kier molecular flexibility index (Phi) is 2.87. The lowest BCUT2D eigenvalue weighted by Crippen LogP contribution is -2.45. The van der Waals surface area contributed by atoms with Gasteiger partial charge in [0.15, 0.2) is 5.79 Å². The largest absolute Gasteiger partial charge is 0.350 e. The van der Waals surface area contributed by atoms with Gasteiger partial charge in [0.05, 0.1) is 13.2 Å². The average molecular weight is 159 g/mol. The van der Waals surface area contributed by atoms with E-state index < -0.39 is 5.79 Å². The zero-order valence-electron chi connectivity index (χ0n) is 7.30. The first-order valence-corrected chi connectivity index (χ1v) is 4.17. The van der Waals surface area contributed by atoms with Crippen LogP contribution >= 0.6 is 0 Å². The molecule has 0 radical (unpaired) electrons. The molecule has 1 unspecified atom stereocenters. The predicted octanol–water partition coefficient (Wildman–Crippen LogP) is 0.734. The van der Waals surface area contributed by atoms with Gasteiger partial charge in [0, 0.05) is 5.92 Å². The molecule has 11 heavy (non-hydrogen) atoms. The fourth-order valence-corrected chi connectivity index (χ4v) is 1.15. The molecular weight excluding hydrogens is 142 g/mol. The Hall–Kier alpha value is -0.120. The van der Waals surface area contributed by atoms with Crippen LogP contribution in [0.5, 0.6) is 0 Å². The first-order valence-electron chi connectivity index (χ1n) is 4.17. The van der Waals surface area contributed by atoms with E-state index in [0.717, 1.165) is 19.6 Å². The molecule has 1 saturated heterocycles. The molecule has 0 amide bonds. The summed E-state index contributed by atoms with van der Waals surface area (Å²) in [4.78, 5) is 0. The van der Waals surface area contributed by atoms with E-state index in [1.165, 1.54) is 0 Å². The Morgan fingerprint density at radius 1 is 1.45 bits per heavy atom. The maximum atomic E-state index is 5.53. The van der Waals surface area contributed by atoms with Gasteiger partial charge in [-0.1, -0.05) is 6.92 Å². The van der Waals surface area contributed by atoms with Crippen LogP contribution in [-0.2, 0) is 9.47 Å². The number of rotatable bonds is 2. The van der Waals surface area contributed by atoms with Crippen LogP contribution in [0.4, 0.5) is 0 Å². The molecule has 0 aromatic rings. The summed E-state index contributed by atoms with van der Waals surface area (Å²) < 4.78 is 11.0. The molecule has 0 aromatic heterocycles. The van der Waals surface area contributed by atoms with Crippen LogP contribution in [0.2, 0.25) is 0 Å². The Labute approximate surface area is 67.9 Å². The maximum Gasteiger partial charge on any atom is 0.169 e. The number of hydrogen-bond donors (Lipinski definition) is 1. The van der Waals surface area contributed by atoms with Gasteiger partial charge in [0.1, 0.15) is 0 Å². The van der Waals surface area contributed by atoms with Crippen molar-refractivity contribution in [1.82, 2.24) is 0 Å². The molecule has 66 valence electrons. The van der Waals surface area contributed by atoms with Gasteiger partial charge >= 0.3 is 0 Å². The third-order valence-electron chi connectivity index (χ3n) is 2.31. The highest BCUT2D eigenvalue weighted by molar-refractivity contribution is 4.74. The highest BCUT2D eigenvalue weighted by atomic mass is 16.7. The van der Waals surface area contributed by atoms with Crippen molar-refractivity contribution < 1.29 is 9.47 Å². The predicted molar refractivity (Wildman–Crippen MR) is 43.1 cm³/mol. The summed E-state index contributed by atoms with van der Waals surface area (Å²) >= 11 is 0. The van der Waals surface area contributed by atoms with E-state index in [1.807, 2.05) is 13.8 Å². The van der Waals surface area contributed by atoms with Crippen LogP contribution in [0.1, 0.15) is 20.3 Å². The fourth-order valence-electron chi connectivity index (χ4n) is 1.15. The second-order valence-electron chi connectivity index (χ2n) is 3.20. The van der Waals surface area contributed by atoms with E-state index in [-0.39, 0.29) is 5.92 Å². The molecule has 0 saturated carbocycles. The molecule has 1 rings (SSSR count). The summed E-state index contributed by atoms with van der Waals surface area (Å²) in [5.74, 6) is -0.171. The third kappa shape index (κ3) is 1.92. The van der Waals surface area contributed by atoms with Crippen LogP contribution in [-0.4, -0.2) is 25.5 Å². The van der Waals surface area contributed by atoms with Gasteiger partial charge in [-0.2, -0.15) is 0 Å². The zero-order valence-corrected chi connectivity index (χ0v) is 7.30. The van der Waals surface area contributed by atoms with Crippen LogP contribution in [0.25, 0.3) is 0 Å². The minimum Gasteiger partial charge on any atom is -0.350 e. The Bertz CT molecular complexity index is 121. The summed E-state index contributed by atoms with van der Waals surface area (Å²) in [6.45, 7) is 6.20. The molecular formula is C8H17NO2. The van der Waals surface area contributed by atoms with Crippen molar-refractivity contribution in [2.24, 2.45) is 11.7 Å². The van der Waals surface area contributed by atoms with Gasteiger partial charge in [-0.3, -0.25) is 0 Å². The van der Waals surface area contributed by atoms with Crippen molar-refractivity contribution in [2.75, 3.05) is 19.8 Å². The van der Waals surface area contributed by atoms with Crippen LogP contribution in [0.3, 0.4) is 0 Å². The quantitative estimate of drug-likeness (QED) is 0.646. The van der Waals surface area contributed by atoms with Crippen LogP contribution < -0.4 is 5.73 Å². The maximum absolute atomic E-state index is 5.53. The lowest BCUT2D eigenvalue weighted by molar-refractivity contribution is -0.278. The van der Waals surface area contributed by atoms with Crippen molar-refractivity contribution in [3.63, 3.8) is 0 Å². The van der Waals surface area contributed by atoms with Gasteiger partial charge in [0.2, 0.25) is 0 Å². The first-order chi connectivity index (χ1) is 5.19. The molecule has 1 aliphatic rings. The minimum atomic E-state index is -0.437. The summed E-state index contributed by atoms with van der Waals surface area (Å²) in [5, 5.41) is 0. The topological polar surface area (TPSA) is 44.5 Å². The molecule has 1 atom stereocenters. The van der Waals surface area contributed by atoms with Crippen molar-refractivity contribution in [3.05, 3.63) is 0 Å². The van der Waals surface area contributed by atoms with Gasteiger partial charge in [0.25, 0.3) is 0 Å². The van der Waals surface area contributed by atoms with E-state index in [9.17, 15) is 0 Å². The third-order valence-corrected chi connectivity index (χ3v) is 2.31. The summed E-state index contributed by atoms with van der Waals surface area (Å²) in [6, 6.07) is 0. The molecule has 0 aliphatic carbocycles. The molecule has 0 spiro atoms. The van der Waals surface area contributed by atoms with E-state index in [4.69, 9.17) is 15.2 Å². The summed E-state index contributed by atoms with van der Waals surface area (Å²) in [5.41, 5.74) is 5.53. The summed E-state index contributed by atoms with van der Waals surface area (Å²) in [6.07, 6.45) is 0.993. The number of hydrogen-bond acceptors (Lipinski definition) is 3. The van der Waals surface area contributed by atoms with Crippen LogP contribution in [0, 0.1) is 5.92 Å². The van der Waals surface area contributed by atoms with Gasteiger partial charge in [-0.05, 0) is 19.9 Å². The fraction of sp³-hybridized carbons (Fsp3) is 1.00. The van der Waals surface area contributed by atoms with E-state index in [0.29, 0.717) is 6.54 Å². The molecule has 3 heteroatoms. The molecule has 3 nitrogen and oxygen atoms in total. The Balaban J connectivity index is 2.49. The monoisotopic (exact) mass is 159 g/mol. The molecule has 1 aliphatic heterocycles. The van der Waals surface area contributed by atoms with Crippen molar-refractivity contribution in [2.45, 2.75) is 26.1 Å². The lowest BCUT2D eigenvalue weighted by Gasteiger charge is -2.38. The smallest absolute Gasteiger partial charge is 0.169 e. The van der Waals surface area contributed by atoms with Crippen molar-refractivity contribution in [3.8, 4) is 0 Å². The van der Waals surface area contributed by atoms with Crippen LogP contribution in [0.15, 0.2) is 0 Å². The highest BCUT2D eigenvalue weighted by Crippen LogP contribution is 2.25. The van der Waals surface area contributed by atoms with E-state index >= 15 is 0 Å². The molecule has 1 heterocycles. The summed E-state index contributed by atoms with van der Waals surface area (Å²) in [7, 11) is 0. The molecule has 0 bridgehead atoms. The zero-order chi connectivity index (χ0) is 8.32. The normalized spacial score (nSPS) is 26.5. The number of ether oxygens (including phenoxy) is 2.